The van der Waals surface area contributed by atoms with Gasteiger partial charge in [-0.05, 0) is 14.1 Å². The van der Waals surface area contributed by atoms with Gasteiger partial charge in [-0.2, -0.15) is 0 Å². The van der Waals surface area contributed by atoms with Gasteiger partial charge in [0, 0.05) is 6.54 Å². The van der Waals surface area contributed by atoms with Gasteiger partial charge in [0.25, 0.3) is 0 Å². The molecule has 0 rings (SSSR count). The average Bonchev–Trinajstić information content (AvgIpc) is 1.83. The Morgan fingerprint density at radius 3 is 1.92 bits per heavy atom. The van der Waals surface area contributed by atoms with Crippen LogP contribution in [0.25, 0.3) is 0 Å². The molecule has 0 bridgehead atoms. The quantitative estimate of drug-likeness (QED) is 0.512. The molecule has 0 N–H and O–H groups in total. The van der Waals surface area contributed by atoms with Gasteiger partial charge in [-0.25, -0.2) is 12.3 Å². The van der Waals surface area contributed by atoms with Crippen molar-refractivity contribution in [2.45, 2.75) is 3.92 Å². The highest BCUT2D eigenvalue weighted by molar-refractivity contribution is 14.2. The van der Waals surface area contributed by atoms with E-state index in [0.717, 1.165) is 0 Å². The third kappa shape index (κ3) is 6.17. The van der Waals surface area contributed by atoms with Crippen LogP contribution in [0.3, 0.4) is 0 Å². The van der Waals surface area contributed by atoms with E-state index in [1.807, 2.05) is 0 Å². The molecule has 0 heterocycles. The Balaban J connectivity index is 4.24. The largest absolute Gasteiger partial charge is 0.312 e. The number of nitrogens with zero attached hydrogens (tertiary/aromatic N) is 1. The maximum Gasteiger partial charge on any atom is 0.312 e. The second-order valence-electron chi connectivity index (χ2n) is 2.54. The number of hydrogen-bond donors (Lipinski definition) is 0. The van der Waals surface area contributed by atoms with Crippen molar-refractivity contribution < 1.29 is 12.3 Å². The van der Waals surface area contributed by atoms with E-state index in [4.69, 9.17) is 0 Å². The van der Waals surface area contributed by atoms with Crippen LogP contribution in [0.1, 0.15) is 0 Å². The summed E-state index contributed by atoms with van der Waals surface area (Å²) in [7, 11) is 3.45. The molecule has 74 valence electrons. The van der Waals surface area contributed by atoms with Crippen LogP contribution >= 0.6 is 39.6 Å². The first kappa shape index (κ1) is 12.6. The molecule has 7 heteroatoms. The van der Waals surface area contributed by atoms with Crippen molar-refractivity contribution in [3.05, 3.63) is 0 Å². The van der Waals surface area contributed by atoms with Crippen LogP contribution in [-0.2, 0) is 12.3 Å². The Morgan fingerprint density at radius 2 is 1.67 bits per heavy atom. The van der Waals surface area contributed by atoms with Crippen molar-refractivity contribution in [1.82, 2.24) is 4.90 Å². The van der Waals surface area contributed by atoms with Crippen molar-refractivity contribution in [3.63, 3.8) is 0 Å². The lowest BCUT2D eigenvalue weighted by atomic mass is 10.5. The minimum absolute atomic E-state index is 0.153. The molecule has 0 aliphatic rings. The van der Waals surface area contributed by atoms with Gasteiger partial charge in [-0.15, -0.1) is 0 Å². The first-order valence-electron chi connectivity index (χ1n) is 3.13. The SMILES string of the molecule is CN(C)CC(CI(=O)=O)I(=O)=O. The van der Waals surface area contributed by atoms with E-state index in [0.29, 0.717) is 6.54 Å². The molecule has 0 aromatic heterocycles. The molecule has 0 spiro atoms. The molecule has 0 aliphatic carbocycles. The number of alkyl halides is 2. The van der Waals surface area contributed by atoms with E-state index < -0.39 is 43.5 Å². The van der Waals surface area contributed by atoms with Gasteiger partial charge in [-0.1, -0.05) is 0 Å². The minimum atomic E-state index is -3.46. The molecule has 1 atom stereocenters. The van der Waals surface area contributed by atoms with Crippen LogP contribution in [0.15, 0.2) is 0 Å². The summed E-state index contributed by atoms with van der Waals surface area (Å²) >= 11 is -6.85. The monoisotopic (exact) mass is 403 g/mol. The van der Waals surface area contributed by atoms with Gasteiger partial charge in [-0.3, -0.25) is 0 Å². The van der Waals surface area contributed by atoms with E-state index in [9.17, 15) is 12.3 Å². The maximum atomic E-state index is 10.6. The highest BCUT2D eigenvalue weighted by atomic mass is 127. The van der Waals surface area contributed by atoms with Gasteiger partial charge in [0.15, 0.2) is 0 Å². The molecule has 0 aliphatic heterocycles. The fourth-order valence-electron chi connectivity index (χ4n) is 0.686. The van der Waals surface area contributed by atoms with Crippen LogP contribution in [0.5, 0.6) is 0 Å². The topological polar surface area (TPSA) is 71.5 Å². The Labute approximate surface area is 85.2 Å². The summed E-state index contributed by atoms with van der Waals surface area (Å²) in [6.07, 6.45) is 0. The van der Waals surface area contributed by atoms with Crippen LogP contribution in [-0.4, -0.2) is 33.9 Å². The number of hydrogen-bond acceptors (Lipinski definition) is 5. The van der Waals surface area contributed by atoms with E-state index in [2.05, 4.69) is 0 Å². The van der Waals surface area contributed by atoms with E-state index in [1.165, 1.54) is 0 Å². The number of halogens is 2. The summed E-state index contributed by atoms with van der Waals surface area (Å²) in [4.78, 5) is 1.69. The molecule has 12 heavy (non-hydrogen) atoms. The Kier molecular flexibility index (Phi) is 6.45. The smallest absolute Gasteiger partial charge is 0.308 e. The lowest BCUT2D eigenvalue weighted by Gasteiger charge is -2.11. The minimum Gasteiger partial charge on any atom is -0.308 e. The highest BCUT2D eigenvalue weighted by Crippen LogP contribution is 2.22. The van der Waals surface area contributed by atoms with Crippen molar-refractivity contribution in [2.75, 3.05) is 25.1 Å². The van der Waals surface area contributed by atoms with Crippen LogP contribution in [0.2, 0.25) is 0 Å². The highest BCUT2D eigenvalue weighted by Gasteiger charge is 2.17. The molecular formula is C5H11I2NO4. The zero-order valence-electron chi connectivity index (χ0n) is 6.83. The molecule has 0 saturated heterocycles. The Bertz CT molecular complexity index is 253. The fraction of sp³-hybridized carbons (Fsp3) is 1.00. The first-order chi connectivity index (χ1) is 5.43. The average molecular weight is 403 g/mol. The van der Waals surface area contributed by atoms with Crippen molar-refractivity contribution in [3.8, 4) is 0 Å². The van der Waals surface area contributed by atoms with Gasteiger partial charge in [0.05, 0.1) is 8.35 Å². The summed E-state index contributed by atoms with van der Waals surface area (Å²) in [5.74, 6) is 0. The second-order valence-corrected chi connectivity index (χ2v) is 8.16. The van der Waals surface area contributed by atoms with Gasteiger partial charge in [0.1, 0.15) is 0 Å². The fourth-order valence-corrected chi connectivity index (χ4v) is 6.77. The van der Waals surface area contributed by atoms with Gasteiger partial charge < -0.3 is 4.90 Å². The van der Waals surface area contributed by atoms with Crippen LogP contribution in [0.4, 0.5) is 0 Å². The molecule has 0 radical (unpaired) electrons. The summed E-state index contributed by atoms with van der Waals surface area (Å²) in [5, 5.41) is 0. The van der Waals surface area contributed by atoms with E-state index >= 15 is 0 Å². The molecule has 5 nitrogen and oxygen atoms in total. The molecule has 0 aromatic carbocycles. The molecule has 0 amide bonds. The molecule has 0 fully saturated rings. The van der Waals surface area contributed by atoms with Crippen molar-refractivity contribution in [1.29, 1.82) is 0 Å². The predicted molar refractivity (Wildman–Crippen MR) is 58.0 cm³/mol. The Morgan fingerprint density at radius 1 is 1.17 bits per heavy atom. The van der Waals surface area contributed by atoms with Crippen molar-refractivity contribution in [2.24, 2.45) is 0 Å². The van der Waals surface area contributed by atoms with E-state index in [1.54, 1.807) is 19.0 Å². The zero-order chi connectivity index (χ0) is 9.72. The predicted octanol–water partition coefficient (Wildman–Crippen LogP) is 1.31. The summed E-state index contributed by atoms with van der Waals surface area (Å²) < 4.78 is 41.1. The van der Waals surface area contributed by atoms with Crippen LogP contribution in [0, 0.1) is 0 Å². The van der Waals surface area contributed by atoms with Crippen molar-refractivity contribution >= 4 is 39.6 Å². The van der Waals surface area contributed by atoms with Gasteiger partial charge >= 0.3 is 39.6 Å². The maximum absolute atomic E-state index is 10.6. The van der Waals surface area contributed by atoms with E-state index in [-0.39, 0.29) is 4.43 Å². The number of rotatable bonds is 5. The zero-order valence-corrected chi connectivity index (χ0v) is 11.1. The lowest BCUT2D eigenvalue weighted by molar-refractivity contribution is 0.418. The second kappa shape index (κ2) is 6.13. The third-order valence-corrected chi connectivity index (χ3v) is 6.85. The third-order valence-electron chi connectivity index (χ3n) is 1.11. The normalized spacial score (nSPS) is 14.4. The standard InChI is InChI=1S/C5H11I2NO4/c1-8(2)4-5(7(11)12)3-6(9)10/h5H,3-4H2,1-2H3. The summed E-state index contributed by atoms with van der Waals surface area (Å²) in [5.41, 5.74) is 0. The lowest BCUT2D eigenvalue weighted by Crippen LogP contribution is -2.23. The summed E-state index contributed by atoms with van der Waals surface area (Å²) in [6.45, 7) is 0.316. The first-order valence-corrected chi connectivity index (χ1v) is 9.42. The molecule has 0 saturated carbocycles. The van der Waals surface area contributed by atoms with Crippen LogP contribution < -0.4 is 0 Å². The molecule has 0 aromatic rings. The summed E-state index contributed by atoms with van der Waals surface area (Å²) in [6, 6.07) is 0. The molecular weight excluding hydrogens is 392 g/mol. The Hall–Kier alpha value is 0.620. The molecule has 1 unspecified atom stereocenters. The van der Waals surface area contributed by atoms with Gasteiger partial charge in [0.2, 0.25) is 0 Å².